The first-order valence-electron chi connectivity index (χ1n) is 6.91. The summed E-state index contributed by atoms with van der Waals surface area (Å²) in [5, 5.41) is 8.87. The van der Waals surface area contributed by atoms with Crippen LogP contribution in [0.1, 0.15) is 40.0 Å². The first kappa shape index (κ1) is 12.2. The normalized spacial score (nSPS) is 45.3. The van der Waals surface area contributed by atoms with E-state index in [1.54, 1.807) is 0 Å². The number of rotatable bonds is 2. The van der Waals surface area contributed by atoms with Crippen molar-refractivity contribution in [2.75, 3.05) is 6.61 Å². The molecule has 0 aromatic carbocycles. The first-order valence-corrected chi connectivity index (χ1v) is 6.91. The largest absolute Gasteiger partial charge is 0.478 e. The van der Waals surface area contributed by atoms with Crippen LogP contribution in [0, 0.1) is 22.7 Å². The second kappa shape index (κ2) is 3.60. The van der Waals surface area contributed by atoms with Gasteiger partial charge in [0.15, 0.2) is 0 Å². The molecule has 1 spiro atoms. The Kier molecular flexibility index (Phi) is 2.44. The molecule has 0 amide bonds. The van der Waals surface area contributed by atoms with Crippen molar-refractivity contribution in [3.8, 4) is 0 Å². The van der Waals surface area contributed by atoms with Gasteiger partial charge in [-0.2, -0.15) is 0 Å². The van der Waals surface area contributed by atoms with Crippen LogP contribution in [-0.4, -0.2) is 23.8 Å². The van der Waals surface area contributed by atoms with E-state index in [0.29, 0.717) is 16.7 Å². The molecule has 1 N–H and O–H groups in total. The SMILES string of the molecule is C/C(=C\C(=O)O)[C@@H]1OCC23CCCC(C)(C)[C@H]2[C@@H]13. The van der Waals surface area contributed by atoms with Crippen LogP contribution in [0.25, 0.3) is 0 Å². The second-order valence-electron chi connectivity index (χ2n) is 7.04. The Balaban J connectivity index is 1.85. The Labute approximate surface area is 108 Å². The van der Waals surface area contributed by atoms with Crippen molar-refractivity contribution in [3.63, 3.8) is 0 Å². The van der Waals surface area contributed by atoms with Crippen molar-refractivity contribution in [1.82, 2.24) is 0 Å². The minimum Gasteiger partial charge on any atom is -0.478 e. The highest BCUT2D eigenvalue weighted by Crippen LogP contribution is 2.76. The molecule has 3 heteroatoms. The van der Waals surface area contributed by atoms with Crippen molar-refractivity contribution in [2.45, 2.75) is 46.1 Å². The number of hydrogen-bond donors (Lipinski definition) is 1. The van der Waals surface area contributed by atoms with Gasteiger partial charge in [0.05, 0.1) is 12.7 Å². The molecule has 3 fully saturated rings. The molecule has 3 nitrogen and oxygen atoms in total. The maximum absolute atomic E-state index is 10.8. The van der Waals surface area contributed by atoms with Crippen LogP contribution in [0.15, 0.2) is 11.6 Å². The molecule has 1 unspecified atom stereocenters. The van der Waals surface area contributed by atoms with Crippen LogP contribution in [0.4, 0.5) is 0 Å². The zero-order chi connectivity index (χ0) is 13.1. The van der Waals surface area contributed by atoms with E-state index in [2.05, 4.69) is 13.8 Å². The lowest BCUT2D eigenvalue weighted by Gasteiger charge is -2.35. The zero-order valence-electron chi connectivity index (χ0n) is 11.4. The van der Waals surface area contributed by atoms with Crippen molar-refractivity contribution in [2.24, 2.45) is 22.7 Å². The molecule has 2 aliphatic carbocycles. The molecule has 2 saturated carbocycles. The van der Waals surface area contributed by atoms with Crippen LogP contribution >= 0.6 is 0 Å². The summed E-state index contributed by atoms with van der Waals surface area (Å²) in [4.78, 5) is 10.8. The van der Waals surface area contributed by atoms with Crippen LogP contribution in [-0.2, 0) is 9.53 Å². The van der Waals surface area contributed by atoms with Gasteiger partial charge >= 0.3 is 5.97 Å². The molecule has 0 aromatic heterocycles. The number of fused-ring (bicyclic) bond motifs is 1. The standard InChI is InChI=1S/C15H22O3/c1-9(7-10(16)17)12-11-13-14(2,3)5-4-6-15(11,13)8-18-12/h7,11-13H,4-6,8H2,1-3H3,(H,16,17)/b9-7+/t11-,12+,13-,15?/m1/s1. The number of ether oxygens (including phenoxy) is 1. The molecule has 1 heterocycles. The average molecular weight is 250 g/mol. The van der Waals surface area contributed by atoms with Gasteiger partial charge in [-0.05, 0) is 36.7 Å². The number of carboxylic acid groups (broad SMARTS) is 1. The Morgan fingerprint density at radius 1 is 1.39 bits per heavy atom. The molecule has 0 bridgehead atoms. The fourth-order valence-electron chi connectivity index (χ4n) is 4.91. The molecule has 0 aromatic rings. The lowest BCUT2D eigenvalue weighted by Crippen LogP contribution is -2.29. The van der Waals surface area contributed by atoms with E-state index >= 15 is 0 Å². The summed E-state index contributed by atoms with van der Waals surface area (Å²) in [6.45, 7) is 7.46. The molecule has 100 valence electrons. The molecular formula is C15H22O3. The molecule has 3 aliphatic rings. The van der Waals surface area contributed by atoms with E-state index in [4.69, 9.17) is 9.84 Å². The van der Waals surface area contributed by atoms with Gasteiger partial charge in [-0.25, -0.2) is 4.79 Å². The van der Waals surface area contributed by atoms with Gasteiger partial charge in [0.2, 0.25) is 0 Å². The maximum atomic E-state index is 10.8. The molecular weight excluding hydrogens is 228 g/mol. The molecule has 1 saturated heterocycles. The van der Waals surface area contributed by atoms with E-state index in [1.807, 2.05) is 6.92 Å². The van der Waals surface area contributed by atoms with Crippen molar-refractivity contribution in [1.29, 1.82) is 0 Å². The Morgan fingerprint density at radius 3 is 2.72 bits per heavy atom. The van der Waals surface area contributed by atoms with Crippen LogP contribution in [0.5, 0.6) is 0 Å². The lowest BCUT2D eigenvalue weighted by atomic mass is 9.72. The highest BCUT2D eigenvalue weighted by molar-refractivity contribution is 5.80. The van der Waals surface area contributed by atoms with Crippen LogP contribution in [0.3, 0.4) is 0 Å². The summed E-state index contributed by atoms with van der Waals surface area (Å²) < 4.78 is 5.90. The van der Waals surface area contributed by atoms with Crippen molar-refractivity contribution >= 4 is 5.97 Å². The third kappa shape index (κ3) is 1.49. The third-order valence-electron chi connectivity index (χ3n) is 5.50. The van der Waals surface area contributed by atoms with Gasteiger partial charge in [0, 0.05) is 17.4 Å². The summed E-state index contributed by atoms with van der Waals surface area (Å²) in [5.41, 5.74) is 1.66. The van der Waals surface area contributed by atoms with Crippen molar-refractivity contribution < 1.29 is 14.6 Å². The number of hydrogen-bond acceptors (Lipinski definition) is 2. The van der Waals surface area contributed by atoms with Gasteiger partial charge in [-0.1, -0.05) is 20.3 Å². The summed E-state index contributed by atoms with van der Waals surface area (Å²) in [6.07, 6.45) is 5.22. The van der Waals surface area contributed by atoms with Gasteiger partial charge in [-0.15, -0.1) is 0 Å². The van der Waals surface area contributed by atoms with E-state index in [0.717, 1.165) is 18.1 Å². The lowest BCUT2D eigenvalue weighted by molar-refractivity contribution is -0.131. The smallest absolute Gasteiger partial charge is 0.328 e. The number of carboxylic acids is 1. The van der Waals surface area contributed by atoms with Crippen LogP contribution in [0.2, 0.25) is 0 Å². The minimum atomic E-state index is -0.861. The molecule has 3 rings (SSSR count). The summed E-state index contributed by atoms with van der Waals surface area (Å²) in [5.74, 6) is 0.431. The van der Waals surface area contributed by atoms with E-state index < -0.39 is 5.97 Å². The van der Waals surface area contributed by atoms with E-state index in [1.165, 1.54) is 25.3 Å². The molecule has 18 heavy (non-hydrogen) atoms. The van der Waals surface area contributed by atoms with Crippen molar-refractivity contribution in [3.05, 3.63) is 11.6 Å². The predicted octanol–water partition coefficient (Wildman–Crippen LogP) is 2.86. The quantitative estimate of drug-likeness (QED) is 0.766. The highest BCUT2D eigenvalue weighted by Gasteiger charge is 2.75. The number of aliphatic carboxylic acids is 1. The fraction of sp³-hybridized carbons (Fsp3) is 0.800. The first-order chi connectivity index (χ1) is 8.38. The van der Waals surface area contributed by atoms with Gasteiger partial charge in [0.1, 0.15) is 0 Å². The molecule has 4 atom stereocenters. The molecule has 1 aliphatic heterocycles. The van der Waals surface area contributed by atoms with Crippen LogP contribution < -0.4 is 0 Å². The van der Waals surface area contributed by atoms with E-state index in [9.17, 15) is 4.79 Å². The van der Waals surface area contributed by atoms with Gasteiger partial charge in [-0.3, -0.25) is 0 Å². The predicted molar refractivity (Wildman–Crippen MR) is 68.2 cm³/mol. The van der Waals surface area contributed by atoms with Gasteiger partial charge < -0.3 is 9.84 Å². The monoisotopic (exact) mass is 250 g/mol. The maximum Gasteiger partial charge on any atom is 0.328 e. The fourth-order valence-corrected chi connectivity index (χ4v) is 4.91. The summed E-state index contributed by atoms with van der Waals surface area (Å²) in [6, 6.07) is 0. The Hall–Kier alpha value is -0.830. The Bertz CT molecular complexity index is 423. The Morgan fingerprint density at radius 2 is 2.11 bits per heavy atom. The minimum absolute atomic E-state index is 0.0449. The number of carbonyl (C=O) groups is 1. The topological polar surface area (TPSA) is 46.5 Å². The average Bonchev–Trinajstić information content (AvgIpc) is 2.77. The summed E-state index contributed by atoms with van der Waals surface area (Å²) >= 11 is 0. The zero-order valence-corrected chi connectivity index (χ0v) is 11.4. The molecule has 0 radical (unpaired) electrons. The van der Waals surface area contributed by atoms with Gasteiger partial charge in [0.25, 0.3) is 0 Å². The van der Waals surface area contributed by atoms with E-state index in [-0.39, 0.29) is 6.10 Å². The summed E-state index contributed by atoms with van der Waals surface area (Å²) in [7, 11) is 0. The highest BCUT2D eigenvalue weighted by atomic mass is 16.5. The second-order valence-corrected chi connectivity index (χ2v) is 7.04. The third-order valence-corrected chi connectivity index (χ3v) is 5.50.